The molecular formula is C29H23F3O2. The molecule has 0 spiro atoms. The molecule has 0 amide bonds. The van der Waals surface area contributed by atoms with E-state index in [2.05, 4.69) is 6.58 Å². The number of aryl methyl sites for hydroxylation is 1. The third kappa shape index (κ3) is 5.15. The summed E-state index contributed by atoms with van der Waals surface area (Å²) in [7, 11) is 0. The summed E-state index contributed by atoms with van der Waals surface area (Å²) in [4.78, 5) is 0. The van der Waals surface area contributed by atoms with E-state index < -0.39 is 17.5 Å². The summed E-state index contributed by atoms with van der Waals surface area (Å²) < 4.78 is 54.7. The molecule has 0 aliphatic carbocycles. The molecule has 34 heavy (non-hydrogen) atoms. The van der Waals surface area contributed by atoms with Crippen LogP contribution in [0.1, 0.15) is 11.1 Å². The maximum atomic E-state index is 14.9. The van der Waals surface area contributed by atoms with Crippen LogP contribution in [0.4, 0.5) is 13.2 Å². The molecule has 0 heterocycles. The number of hydrogen-bond donors (Lipinski definition) is 0. The Balaban J connectivity index is 1.46. The predicted octanol–water partition coefficient (Wildman–Crippen LogP) is 7.89. The van der Waals surface area contributed by atoms with Crippen LogP contribution in [0.15, 0.2) is 91.5 Å². The van der Waals surface area contributed by atoms with Gasteiger partial charge in [0.25, 0.3) is 0 Å². The van der Waals surface area contributed by atoms with Crippen molar-refractivity contribution in [2.24, 2.45) is 0 Å². The lowest BCUT2D eigenvalue weighted by molar-refractivity contribution is 0.304. The Morgan fingerprint density at radius 3 is 1.88 bits per heavy atom. The van der Waals surface area contributed by atoms with E-state index in [4.69, 9.17) is 9.47 Å². The highest BCUT2D eigenvalue weighted by Gasteiger charge is 2.16. The van der Waals surface area contributed by atoms with Gasteiger partial charge in [-0.3, -0.25) is 0 Å². The Morgan fingerprint density at radius 2 is 1.32 bits per heavy atom. The molecule has 0 atom stereocenters. The van der Waals surface area contributed by atoms with Crippen LogP contribution in [0.2, 0.25) is 0 Å². The molecule has 0 aliphatic rings. The summed E-state index contributed by atoms with van der Waals surface area (Å²) in [6, 6.07) is 21.7. The zero-order valence-electron chi connectivity index (χ0n) is 18.7. The van der Waals surface area contributed by atoms with Crippen LogP contribution >= 0.6 is 0 Å². The number of ether oxygens (including phenoxy) is 2. The number of halogens is 3. The third-order valence-electron chi connectivity index (χ3n) is 5.37. The molecule has 4 aromatic carbocycles. The van der Waals surface area contributed by atoms with Crippen molar-refractivity contribution < 1.29 is 22.6 Å². The highest BCUT2D eigenvalue weighted by Crippen LogP contribution is 2.32. The number of rotatable bonds is 8. The molecule has 0 bridgehead atoms. The fraction of sp³-hybridized carbons (Fsp3) is 0.103. The van der Waals surface area contributed by atoms with Crippen LogP contribution in [0, 0.1) is 24.4 Å². The number of hydrogen-bond acceptors (Lipinski definition) is 2. The van der Waals surface area contributed by atoms with Gasteiger partial charge < -0.3 is 9.47 Å². The smallest absolute Gasteiger partial charge is 0.167 e. The first-order valence-electron chi connectivity index (χ1n) is 10.8. The van der Waals surface area contributed by atoms with Crippen molar-refractivity contribution in [3.8, 4) is 33.8 Å². The second kappa shape index (κ2) is 10.3. The van der Waals surface area contributed by atoms with Crippen LogP contribution in [0.25, 0.3) is 22.3 Å². The molecule has 172 valence electrons. The standard InChI is InChI=1S/C29H23F3O2/c1-3-16-33-27-15-6-20(17-26(27)30)18-34-23-11-9-22(10-12-23)25-14-13-24(28(31)29(25)32)21-7-4-19(2)5-8-21/h3-15,17H,1,16,18H2,2H3. The Morgan fingerprint density at radius 1 is 0.735 bits per heavy atom. The van der Waals surface area contributed by atoms with Crippen molar-refractivity contribution in [1.29, 1.82) is 0 Å². The topological polar surface area (TPSA) is 18.5 Å². The van der Waals surface area contributed by atoms with Gasteiger partial charge in [-0.15, -0.1) is 0 Å². The molecule has 0 N–H and O–H groups in total. The van der Waals surface area contributed by atoms with E-state index in [0.29, 0.717) is 22.4 Å². The van der Waals surface area contributed by atoms with E-state index in [0.717, 1.165) is 5.56 Å². The van der Waals surface area contributed by atoms with Crippen LogP contribution in [-0.4, -0.2) is 6.61 Å². The molecule has 0 unspecified atom stereocenters. The molecule has 0 radical (unpaired) electrons. The van der Waals surface area contributed by atoms with Gasteiger partial charge in [-0.05, 0) is 47.9 Å². The lowest BCUT2D eigenvalue weighted by Gasteiger charge is -2.11. The zero-order chi connectivity index (χ0) is 24.1. The summed E-state index contributed by atoms with van der Waals surface area (Å²) in [5.74, 6) is -1.60. The molecule has 2 nitrogen and oxygen atoms in total. The molecule has 0 aliphatic heterocycles. The second-order valence-corrected chi connectivity index (χ2v) is 7.83. The lowest BCUT2D eigenvalue weighted by Crippen LogP contribution is -1.99. The summed E-state index contributed by atoms with van der Waals surface area (Å²) >= 11 is 0. The third-order valence-corrected chi connectivity index (χ3v) is 5.37. The Kier molecular flexibility index (Phi) is 7.02. The first-order valence-corrected chi connectivity index (χ1v) is 10.8. The lowest BCUT2D eigenvalue weighted by atomic mass is 9.98. The van der Waals surface area contributed by atoms with Crippen LogP contribution in [0.5, 0.6) is 11.5 Å². The van der Waals surface area contributed by atoms with E-state index in [1.54, 1.807) is 60.7 Å². The van der Waals surface area contributed by atoms with Gasteiger partial charge in [-0.25, -0.2) is 13.2 Å². The maximum absolute atomic E-state index is 14.9. The fourth-order valence-corrected chi connectivity index (χ4v) is 3.53. The van der Waals surface area contributed by atoms with Gasteiger partial charge in [0.1, 0.15) is 19.0 Å². The van der Waals surface area contributed by atoms with E-state index >= 15 is 0 Å². The van der Waals surface area contributed by atoms with Crippen molar-refractivity contribution >= 4 is 0 Å². The zero-order valence-corrected chi connectivity index (χ0v) is 18.7. The Bertz CT molecular complexity index is 1300. The first-order chi connectivity index (χ1) is 16.5. The predicted molar refractivity (Wildman–Crippen MR) is 128 cm³/mol. The highest BCUT2D eigenvalue weighted by molar-refractivity contribution is 5.72. The van der Waals surface area contributed by atoms with Crippen LogP contribution in [-0.2, 0) is 6.61 Å². The van der Waals surface area contributed by atoms with Crippen LogP contribution < -0.4 is 9.47 Å². The van der Waals surface area contributed by atoms with Gasteiger partial charge in [-0.2, -0.15) is 0 Å². The Labute approximate surface area is 196 Å². The molecule has 0 aromatic heterocycles. The normalized spacial score (nSPS) is 10.7. The summed E-state index contributed by atoms with van der Waals surface area (Å²) in [6.07, 6.45) is 1.54. The fourth-order valence-electron chi connectivity index (χ4n) is 3.53. The molecule has 0 fully saturated rings. The summed E-state index contributed by atoms with van der Waals surface area (Å²) in [5, 5.41) is 0. The molecule has 5 heteroatoms. The average Bonchev–Trinajstić information content (AvgIpc) is 2.85. The van der Waals surface area contributed by atoms with Crippen molar-refractivity contribution in [3.05, 3.63) is 120 Å². The van der Waals surface area contributed by atoms with Crippen molar-refractivity contribution in [2.75, 3.05) is 6.61 Å². The molecule has 4 aromatic rings. The largest absolute Gasteiger partial charge is 0.489 e. The second-order valence-electron chi connectivity index (χ2n) is 7.83. The van der Waals surface area contributed by atoms with Crippen molar-refractivity contribution in [2.45, 2.75) is 13.5 Å². The quantitative estimate of drug-likeness (QED) is 0.249. The van der Waals surface area contributed by atoms with Gasteiger partial charge in [0, 0.05) is 11.1 Å². The first kappa shape index (κ1) is 23.2. The Hall–Kier alpha value is -3.99. The minimum absolute atomic E-state index is 0.145. The van der Waals surface area contributed by atoms with E-state index in [-0.39, 0.29) is 30.1 Å². The highest BCUT2D eigenvalue weighted by atomic mass is 19.2. The van der Waals surface area contributed by atoms with E-state index in [1.165, 1.54) is 12.1 Å². The van der Waals surface area contributed by atoms with Gasteiger partial charge in [0.05, 0.1) is 0 Å². The van der Waals surface area contributed by atoms with Gasteiger partial charge in [0.15, 0.2) is 23.2 Å². The summed E-state index contributed by atoms with van der Waals surface area (Å²) in [5.41, 5.74) is 3.20. The van der Waals surface area contributed by atoms with Crippen molar-refractivity contribution in [1.82, 2.24) is 0 Å². The monoisotopic (exact) mass is 460 g/mol. The van der Waals surface area contributed by atoms with E-state index in [9.17, 15) is 13.2 Å². The number of benzene rings is 4. The van der Waals surface area contributed by atoms with Gasteiger partial charge in [0.2, 0.25) is 0 Å². The maximum Gasteiger partial charge on any atom is 0.167 e. The minimum Gasteiger partial charge on any atom is -0.489 e. The average molecular weight is 460 g/mol. The SMILES string of the molecule is C=CCOc1ccc(COc2ccc(-c3ccc(-c4ccc(C)cc4)c(F)c3F)cc2)cc1F. The summed E-state index contributed by atoms with van der Waals surface area (Å²) in [6.45, 7) is 5.83. The van der Waals surface area contributed by atoms with Crippen molar-refractivity contribution in [3.63, 3.8) is 0 Å². The van der Waals surface area contributed by atoms with E-state index in [1.807, 2.05) is 19.1 Å². The molecular weight excluding hydrogens is 437 g/mol. The van der Waals surface area contributed by atoms with Crippen LogP contribution in [0.3, 0.4) is 0 Å². The van der Waals surface area contributed by atoms with Gasteiger partial charge >= 0.3 is 0 Å². The molecule has 0 saturated carbocycles. The molecule has 4 rings (SSSR count). The molecule has 0 saturated heterocycles. The minimum atomic E-state index is -0.902. The van der Waals surface area contributed by atoms with Gasteiger partial charge in [-0.1, -0.05) is 72.8 Å².